The number of nitrogens with one attached hydrogen (secondary N) is 1. The first-order chi connectivity index (χ1) is 8.61. The zero-order chi connectivity index (χ0) is 13.1. The van der Waals surface area contributed by atoms with E-state index < -0.39 is 0 Å². The minimum atomic E-state index is 0.770. The molecule has 0 aliphatic rings. The average Bonchev–Trinajstić information content (AvgIpc) is 2.39. The van der Waals surface area contributed by atoms with Crippen molar-refractivity contribution in [1.29, 1.82) is 0 Å². The average molecular weight is 261 g/mol. The molecule has 0 aliphatic heterocycles. The van der Waals surface area contributed by atoms with Crippen LogP contribution in [0.2, 0.25) is 5.02 Å². The molecular weight excluding hydrogens is 244 g/mol. The molecule has 0 bridgehead atoms. The van der Waals surface area contributed by atoms with Gasteiger partial charge in [0.15, 0.2) is 0 Å². The van der Waals surface area contributed by atoms with Gasteiger partial charge in [-0.05, 0) is 35.9 Å². The molecule has 2 nitrogen and oxygen atoms in total. The molecule has 2 aromatic carbocycles. The van der Waals surface area contributed by atoms with Gasteiger partial charge >= 0.3 is 0 Å². The lowest BCUT2D eigenvalue weighted by atomic mass is 10.0. The fourth-order valence-corrected chi connectivity index (χ4v) is 2.07. The Kier molecular flexibility index (Phi) is 3.78. The molecule has 0 radical (unpaired) electrons. The number of hydrogen-bond acceptors (Lipinski definition) is 2. The molecule has 0 saturated carbocycles. The quantitative estimate of drug-likeness (QED) is 0.893. The molecule has 3 heteroatoms. The van der Waals surface area contributed by atoms with E-state index in [2.05, 4.69) is 40.5 Å². The maximum atomic E-state index is 6.25. The van der Waals surface area contributed by atoms with E-state index in [0.717, 1.165) is 21.8 Å². The van der Waals surface area contributed by atoms with Gasteiger partial charge in [-0.3, -0.25) is 0 Å². The number of benzene rings is 2. The summed E-state index contributed by atoms with van der Waals surface area (Å²) in [6.07, 6.45) is 0. The summed E-state index contributed by atoms with van der Waals surface area (Å²) < 4.78 is 0. The van der Waals surface area contributed by atoms with Crippen LogP contribution in [0.4, 0.5) is 11.4 Å². The van der Waals surface area contributed by atoms with Gasteiger partial charge in [-0.25, -0.2) is 0 Å². The van der Waals surface area contributed by atoms with Gasteiger partial charge < -0.3 is 10.2 Å². The van der Waals surface area contributed by atoms with Gasteiger partial charge in [-0.1, -0.05) is 23.7 Å². The summed E-state index contributed by atoms with van der Waals surface area (Å²) in [4.78, 5) is 2.08. The number of rotatable bonds is 3. The fourth-order valence-electron chi connectivity index (χ4n) is 1.84. The highest BCUT2D eigenvalue weighted by Gasteiger charge is 2.05. The third-order valence-electron chi connectivity index (χ3n) is 2.95. The Labute approximate surface area is 113 Å². The van der Waals surface area contributed by atoms with E-state index >= 15 is 0 Å². The molecule has 94 valence electrons. The summed E-state index contributed by atoms with van der Waals surface area (Å²) in [6, 6.07) is 14.3. The lowest BCUT2D eigenvalue weighted by Crippen LogP contribution is -2.07. The van der Waals surface area contributed by atoms with Crippen LogP contribution in [0.1, 0.15) is 0 Å². The molecule has 2 rings (SSSR count). The SMILES string of the molecule is CNc1ccc(Cl)c(-c2ccc(N(C)C)cc2)c1. The Hall–Kier alpha value is -1.67. The summed E-state index contributed by atoms with van der Waals surface area (Å²) >= 11 is 6.25. The molecule has 0 aromatic heterocycles. The monoisotopic (exact) mass is 260 g/mol. The van der Waals surface area contributed by atoms with Crippen LogP contribution >= 0.6 is 11.6 Å². The van der Waals surface area contributed by atoms with Gasteiger partial charge in [0.1, 0.15) is 0 Å². The number of anilines is 2. The van der Waals surface area contributed by atoms with Crippen molar-refractivity contribution in [3.8, 4) is 11.1 Å². The van der Waals surface area contributed by atoms with E-state index in [0.29, 0.717) is 0 Å². The van der Waals surface area contributed by atoms with Crippen LogP contribution in [0.25, 0.3) is 11.1 Å². The Morgan fingerprint density at radius 2 is 1.67 bits per heavy atom. The first-order valence-electron chi connectivity index (χ1n) is 5.87. The first kappa shape index (κ1) is 12.8. The Balaban J connectivity index is 2.41. The maximum absolute atomic E-state index is 6.25. The summed E-state index contributed by atoms with van der Waals surface area (Å²) in [5.41, 5.74) is 4.42. The highest BCUT2D eigenvalue weighted by molar-refractivity contribution is 6.33. The van der Waals surface area contributed by atoms with Crippen LogP contribution in [-0.4, -0.2) is 21.1 Å². The second-order valence-corrected chi connectivity index (χ2v) is 4.79. The summed E-state index contributed by atoms with van der Waals surface area (Å²) in [5, 5.41) is 3.90. The third-order valence-corrected chi connectivity index (χ3v) is 3.28. The van der Waals surface area contributed by atoms with E-state index in [1.54, 1.807) is 0 Å². The third kappa shape index (κ3) is 2.59. The molecule has 0 spiro atoms. The van der Waals surface area contributed by atoms with Gasteiger partial charge in [0.2, 0.25) is 0 Å². The van der Waals surface area contributed by atoms with E-state index in [4.69, 9.17) is 11.6 Å². The molecule has 0 heterocycles. The van der Waals surface area contributed by atoms with Crippen molar-refractivity contribution in [3.63, 3.8) is 0 Å². The van der Waals surface area contributed by atoms with Crippen molar-refractivity contribution in [1.82, 2.24) is 0 Å². The van der Waals surface area contributed by atoms with Crippen molar-refractivity contribution in [2.24, 2.45) is 0 Å². The van der Waals surface area contributed by atoms with Crippen LogP contribution in [0.3, 0.4) is 0 Å². The van der Waals surface area contributed by atoms with Crippen LogP contribution < -0.4 is 10.2 Å². The maximum Gasteiger partial charge on any atom is 0.0485 e. The lowest BCUT2D eigenvalue weighted by Gasteiger charge is -2.13. The minimum Gasteiger partial charge on any atom is -0.388 e. The van der Waals surface area contributed by atoms with Gasteiger partial charge in [0, 0.05) is 43.1 Å². The molecule has 1 N–H and O–H groups in total. The van der Waals surface area contributed by atoms with Crippen molar-refractivity contribution in [2.45, 2.75) is 0 Å². The number of nitrogens with zero attached hydrogens (tertiary/aromatic N) is 1. The van der Waals surface area contributed by atoms with Gasteiger partial charge in [0.25, 0.3) is 0 Å². The predicted molar refractivity (Wildman–Crippen MR) is 80.8 cm³/mol. The van der Waals surface area contributed by atoms with Crippen LogP contribution in [-0.2, 0) is 0 Å². The Morgan fingerprint density at radius 1 is 1.00 bits per heavy atom. The smallest absolute Gasteiger partial charge is 0.0485 e. The molecule has 2 aromatic rings. The second kappa shape index (κ2) is 5.32. The zero-order valence-electron chi connectivity index (χ0n) is 10.9. The van der Waals surface area contributed by atoms with E-state index in [1.165, 1.54) is 5.69 Å². The van der Waals surface area contributed by atoms with Crippen LogP contribution in [0.15, 0.2) is 42.5 Å². The minimum absolute atomic E-state index is 0.770. The second-order valence-electron chi connectivity index (χ2n) is 4.39. The van der Waals surface area contributed by atoms with Crippen molar-refractivity contribution in [2.75, 3.05) is 31.4 Å². The largest absolute Gasteiger partial charge is 0.388 e. The molecule has 0 atom stereocenters. The molecule has 18 heavy (non-hydrogen) atoms. The Bertz CT molecular complexity index is 533. The van der Waals surface area contributed by atoms with Gasteiger partial charge in [-0.15, -0.1) is 0 Å². The zero-order valence-corrected chi connectivity index (χ0v) is 11.6. The highest BCUT2D eigenvalue weighted by Crippen LogP contribution is 2.31. The van der Waals surface area contributed by atoms with Gasteiger partial charge in [-0.2, -0.15) is 0 Å². The van der Waals surface area contributed by atoms with Gasteiger partial charge in [0.05, 0.1) is 0 Å². The van der Waals surface area contributed by atoms with Crippen molar-refractivity contribution in [3.05, 3.63) is 47.5 Å². The summed E-state index contributed by atoms with van der Waals surface area (Å²) in [6.45, 7) is 0. The van der Waals surface area contributed by atoms with E-state index in [1.807, 2.05) is 33.3 Å². The topological polar surface area (TPSA) is 15.3 Å². The first-order valence-corrected chi connectivity index (χ1v) is 6.24. The number of halogens is 1. The van der Waals surface area contributed by atoms with E-state index in [9.17, 15) is 0 Å². The molecule has 0 saturated heterocycles. The van der Waals surface area contributed by atoms with Crippen molar-refractivity contribution >= 4 is 23.0 Å². The molecule has 0 amide bonds. The summed E-state index contributed by atoms with van der Waals surface area (Å²) in [7, 11) is 5.97. The molecule has 0 fully saturated rings. The Morgan fingerprint density at radius 3 is 2.22 bits per heavy atom. The van der Waals surface area contributed by atoms with Crippen molar-refractivity contribution < 1.29 is 0 Å². The normalized spacial score (nSPS) is 10.2. The molecule has 0 aliphatic carbocycles. The summed E-state index contributed by atoms with van der Waals surface area (Å²) in [5.74, 6) is 0. The van der Waals surface area contributed by atoms with Crippen LogP contribution in [0, 0.1) is 0 Å². The molecular formula is C15H17ClN2. The van der Waals surface area contributed by atoms with Crippen LogP contribution in [0.5, 0.6) is 0 Å². The van der Waals surface area contributed by atoms with E-state index in [-0.39, 0.29) is 0 Å². The fraction of sp³-hybridized carbons (Fsp3) is 0.200. The standard InChI is InChI=1S/C15H17ClN2/c1-17-12-6-9-15(16)14(10-12)11-4-7-13(8-5-11)18(2)3/h4-10,17H,1-3H3. The predicted octanol–water partition coefficient (Wildman–Crippen LogP) is 4.11. The number of hydrogen-bond donors (Lipinski definition) is 1. The lowest BCUT2D eigenvalue weighted by molar-refractivity contribution is 1.13. The molecule has 0 unspecified atom stereocenters. The highest BCUT2D eigenvalue weighted by atomic mass is 35.5.